The lowest BCUT2D eigenvalue weighted by Gasteiger charge is -2.38. The zero-order valence-corrected chi connectivity index (χ0v) is 47.7. The number of fused-ring (bicyclic) bond motifs is 2. The van der Waals surface area contributed by atoms with Crippen LogP contribution in [0.3, 0.4) is 0 Å². The highest BCUT2D eigenvalue weighted by molar-refractivity contribution is 6.45. The lowest BCUT2D eigenvalue weighted by Crippen LogP contribution is -2.47. The first-order chi connectivity index (χ1) is 39.3. The van der Waals surface area contributed by atoms with Gasteiger partial charge in [-0.05, 0) is 127 Å². The molecule has 0 saturated heterocycles. The van der Waals surface area contributed by atoms with Crippen molar-refractivity contribution in [3.8, 4) is 44.5 Å². The first kappa shape index (κ1) is 54.5. The number of carbonyl (C=O) groups excluding carboxylic acids is 4. The highest BCUT2D eigenvalue weighted by Gasteiger charge is 2.44. The molecule has 6 nitrogen and oxygen atoms in total. The van der Waals surface area contributed by atoms with Crippen LogP contribution < -0.4 is 0 Å². The van der Waals surface area contributed by atoms with Crippen LogP contribution in [0.4, 0.5) is 0 Å². The lowest BCUT2D eigenvalue weighted by atomic mass is 9.75. The van der Waals surface area contributed by atoms with Crippen molar-refractivity contribution < 1.29 is 19.2 Å². The molecule has 0 fully saturated rings. The maximum absolute atomic E-state index is 16.2. The Kier molecular flexibility index (Phi) is 16.7. The van der Waals surface area contributed by atoms with E-state index in [0.717, 1.165) is 205 Å². The van der Waals surface area contributed by atoms with Gasteiger partial charge in [-0.3, -0.25) is 29.0 Å². The standard InChI is InChI=1S/C74H78N2O4/c1-5-9-13-29-41-53(42-30-14-10-6-2)75-71(77)65-55(49-33-21-17-22-34-49)45-59-61-47-57(51-37-25-19-26-38-51)67-70-64(61)62(60-46-56(50-35-23-18-24-36-50)66(72(75)78)69(65)63(59)60)48-58(52-39-27-20-28-40-52)68(70)74(80)76(73(67)79)54(43-31-15-11-7-3)44-32-16-12-8-4/h17-28,33-40,45-48,53-54H,5-16,29-32,41-44H2,1-4H3. The summed E-state index contributed by atoms with van der Waals surface area (Å²) in [5.74, 6) is -0.940. The summed E-state index contributed by atoms with van der Waals surface area (Å²) in [6.45, 7) is 8.88. The van der Waals surface area contributed by atoms with Crippen LogP contribution in [0.2, 0.25) is 0 Å². The Morgan fingerprint density at radius 2 is 0.512 bits per heavy atom. The molecule has 80 heavy (non-hydrogen) atoms. The van der Waals surface area contributed by atoms with E-state index in [1.807, 2.05) is 72.8 Å². The second-order valence-corrected chi connectivity index (χ2v) is 23.0. The van der Waals surface area contributed by atoms with Crippen LogP contribution in [0.5, 0.6) is 0 Å². The van der Waals surface area contributed by atoms with E-state index < -0.39 is 0 Å². The van der Waals surface area contributed by atoms with E-state index in [-0.39, 0.29) is 35.7 Å². The van der Waals surface area contributed by atoms with E-state index >= 15 is 19.2 Å². The molecule has 2 aliphatic rings. The quantitative estimate of drug-likeness (QED) is 0.0234. The Hall–Kier alpha value is -7.44. The van der Waals surface area contributed by atoms with E-state index in [1.165, 1.54) is 0 Å². The smallest absolute Gasteiger partial charge is 0.262 e. The molecule has 2 heterocycles. The first-order valence-electron chi connectivity index (χ1n) is 30.6. The first-order valence-corrected chi connectivity index (χ1v) is 30.6. The number of benzene rings is 9. The highest BCUT2D eigenvalue weighted by Crippen LogP contribution is 2.54. The third kappa shape index (κ3) is 10.0. The monoisotopic (exact) mass is 1060 g/mol. The Morgan fingerprint density at radius 3 is 0.725 bits per heavy atom. The molecule has 0 N–H and O–H groups in total. The van der Waals surface area contributed by atoms with Crippen molar-refractivity contribution >= 4 is 66.7 Å². The number of rotatable bonds is 26. The Morgan fingerprint density at radius 1 is 0.287 bits per heavy atom. The van der Waals surface area contributed by atoms with E-state index in [2.05, 4.69) is 100 Å². The molecule has 9 aromatic rings. The summed E-state index contributed by atoms with van der Waals surface area (Å²) in [5.41, 5.74) is 8.85. The number of imide groups is 2. The summed E-state index contributed by atoms with van der Waals surface area (Å²) < 4.78 is 0. The molecule has 9 aromatic carbocycles. The van der Waals surface area contributed by atoms with Gasteiger partial charge < -0.3 is 0 Å². The van der Waals surface area contributed by atoms with Crippen LogP contribution in [0, 0.1) is 0 Å². The van der Waals surface area contributed by atoms with E-state index in [0.29, 0.717) is 33.0 Å². The molecule has 0 aromatic heterocycles. The lowest BCUT2D eigenvalue weighted by molar-refractivity contribution is 0.0502. The summed E-state index contributed by atoms with van der Waals surface area (Å²) in [4.78, 5) is 68.3. The molecule has 11 rings (SSSR count). The summed E-state index contributed by atoms with van der Waals surface area (Å²) in [5, 5.41) is 6.56. The summed E-state index contributed by atoms with van der Waals surface area (Å²) in [7, 11) is 0. The fraction of sp³-hybridized carbons (Fsp3) is 0.351. The molecular formula is C74H78N2O4. The Balaban J connectivity index is 1.28. The van der Waals surface area contributed by atoms with Crippen LogP contribution in [0.25, 0.3) is 87.6 Å². The van der Waals surface area contributed by atoms with Gasteiger partial charge in [-0.2, -0.15) is 0 Å². The summed E-state index contributed by atoms with van der Waals surface area (Å²) >= 11 is 0. The van der Waals surface area contributed by atoms with Gasteiger partial charge in [0.25, 0.3) is 23.6 Å². The minimum absolute atomic E-state index is 0.235. The Bertz CT molecular complexity index is 3220. The minimum Gasteiger partial charge on any atom is -0.271 e. The Labute approximate surface area is 473 Å². The highest BCUT2D eigenvalue weighted by atomic mass is 16.2. The molecule has 0 atom stereocenters. The summed E-state index contributed by atoms with van der Waals surface area (Å²) in [6.07, 6.45) is 19.9. The summed E-state index contributed by atoms with van der Waals surface area (Å²) in [6, 6.07) is 49.1. The molecule has 2 aliphatic heterocycles. The van der Waals surface area contributed by atoms with Crippen LogP contribution >= 0.6 is 0 Å². The number of amides is 4. The van der Waals surface area contributed by atoms with Crippen molar-refractivity contribution in [2.45, 2.75) is 168 Å². The van der Waals surface area contributed by atoms with Crippen LogP contribution in [-0.4, -0.2) is 45.5 Å². The molecule has 0 spiro atoms. The molecule has 6 heteroatoms. The van der Waals surface area contributed by atoms with Gasteiger partial charge in [-0.1, -0.05) is 252 Å². The van der Waals surface area contributed by atoms with Crippen LogP contribution in [-0.2, 0) is 0 Å². The predicted molar refractivity (Wildman–Crippen MR) is 333 cm³/mol. The molecular weight excluding hydrogens is 981 g/mol. The second kappa shape index (κ2) is 24.5. The second-order valence-electron chi connectivity index (χ2n) is 23.0. The average molecular weight is 1060 g/mol. The number of unbranched alkanes of at least 4 members (excludes halogenated alkanes) is 12. The molecule has 0 saturated carbocycles. The van der Waals surface area contributed by atoms with Crippen molar-refractivity contribution in [2.75, 3.05) is 0 Å². The largest absolute Gasteiger partial charge is 0.271 e. The minimum atomic E-state index is -0.257. The van der Waals surface area contributed by atoms with Crippen LogP contribution in [0.1, 0.15) is 198 Å². The van der Waals surface area contributed by atoms with E-state index in [1.54, 1.807) is 9.80 Å². The maximum atomic E-state index is 16.2. The fourth-order valence-corrected chi connectivity index (χ4v) is 13.8. The molecule has 408 valence electrons. The number of hydrogen-bond donors (Lipinski definition) is 0. The van der Waals surface area contributed by atoms with Gasteiger partial charge in [0.1, 0.15) is 0 Å². The number of carbonyl (C=O) groups is 4. The third-order valence-corrected chi connectivity index (χ3v) is 17.8. The third-order valence-electron chi connectivity index (χ3n) is 17.8. The van der Waals surface area contributed by atoms with Crippen molar-refractivity contribution in [1.82, 2.24) is 9.80 Å². The van der Waals surface area contributed by atoms with E-state index in [9.17, 15) is 0 Å². The number of nitrogens with zero attached hydrogens (tertiary/aromatic N) is 2. The van der Waals surface area contributed by atoms with Gasteiger partial charge in [0.05, 0.1) is 22.3 Å². The van der Waals surface area contributed by atoms with Crippen LogP contribution in [0.15, 0.2) is 146 Å². The van der Waals surface area contributed by atoms with Gasteiger partial charge in [0.15, 0.2) is 0 Å². The average Bonchev–Trinajstić information content (AvgIpc) is 3.68. The maximum Gasteiger partial charge on any atom is 0.262 e. The van der Waals surface area contributed by atoms with Gasteiger partial charge in [-0.15, -0.1) is 0 Å². The van der Waals surface area contributed by atoms with Gasteiger partial charge >= 0.3 is 0 Å². The van der Waals surface area contributed by atoms with Gasteiger partial charge in [-0.25, -0.2) is 0 Å². The van der Waals surface area contributed by atoms with Gasteiger partial charge in [0, 0.05) is 22.9 Å². The zero-order chi connectivity index (χ0) is 55.3. The fourth-order valence-electron chi connectivity index (χ4n) is 13.8. The SMILES string of the molecule is CCCCCCC(CCCCCC)N1C(=O)c2c(-c3ccccc3)cc3c4cc(-c5ccccc5)c5c6c(c(-c7ccccc7)cc(c7cc(-c8ccccc8)c(c2c37)C1=O)c64)C(=O)N(C(CCCCCC)CCCCCC)C5=O. The predicted octanol–water partition coefficient (Wildman–Crippen LogP) is 20.2. The molecule has 0 bridgehead atoms. The molecule has 0 radical (unpaired) electrons. The van der Waals surface area contributed by atoms with Crippen molar-refractivity contribution in [1.29, 1.82) is 0 Å². The molecule has 0 aliphatic carbocycles. The topological polar surface area (TPSA) is 74.8 Å². The molecule has 4 amide bonds. The van der Waals surface area contributed by atoms with Crippen molar-refractivity contribution in [3.63, 3.8) is 0 Å². The number of hydrogen-bond acceptors (Lipinski definition) is 4. The van der Waals surface area contributed by atoms with E-state index in [4.69, 9.17) is 0 Å². The van der Waals surface area contributed by atoms with Crippen molar-refractivity contribution in [2.24, 2.45) is 0 Å². The molecule has 0 unspecified atom stereocenters. The van der Waals surface area contributed by atoms with Crippen molar-refractivity contribution in [3.05, 3.63) is 168 Å². The zero-order valence-electron chi connectivity index (χ0n) is 47.7. The normalized spacial score (nSPS) is 13.5. The van der Waals surface area contributed by atoms with Gasteiger partial charge in [0.2, 0.25) is 0 Å².